The third-order valence-electron chi connectivity index (χ3n) is 1.89. The molecule has 0 aliphatic rings. The molecule has 3 nitrogen and oxygen atoms in total. The first-order valence-corrected chi connectivity index (χ1v) is 4.28. The Morgan fingerprint density at radius 1 is 1.47 bits per heavy atom. The summed E-state index contributed by atoms with van der Waals surface area (Å²) in [5.41, 5.74) is 1.03. The van der Waals surface area contributed by atoms with E-state index in [0.29, 0.717) is 17.0 Å². The topological polar surface area (TPSA) is 38.3 Å². The smallest absolute Gasteiger partial charge is 0.315 e. The molecule has 0 saturated carbocycles. The van der Waals surface area contributed by atoms with Gasteiger partial charge in [-0.3, -0.25) is 4.79 Å². The summed E-state index contributed by atoms with van der Waals surface area (Å²) in [6.45, 7) is 1.70. The monoisotopic (exact) mass is 215 g/mol. The van der Waals surface area contributed by atoms with E-state index in [1.807, 2.05) is 0 Å². The second-order valence-electron chi connectivity index (χ2n) is 2.97. The van der Waals surface area contributed by atoms with Crippen molar-refractivity contribution >= 4 is 11.6 Å². The van der Waals surface area contributed by atoms with E-state index in [1.165, 1.54) is 13.2 Å². The highest BCUT2D eigenvalue weighted by Crippen LogP contribution is 2.21. The van der Waals surface area contributed by atoms with Crippen LogP contribution in [0.15, 0.2) is 18.2 Å². The maximum absolute atomic E-state index is 12.0. The number of nitrogens with one attached hydrogen (secondary N) is 1. The van der Waals surface area contributed by atoms with Crippen molar-refractivity contribution < 1.29 is 18.3 Å². The lowest BCUT2D eigenvalue weighted by Gasteiger charge is -2.09. The van der Waals surface area contributed by atoms with Crippen molar-refractivity contribution in [2.75, 3.05) is 12.4 Å². The minimum atomic E-state index is -3.01. The average molecular weight is 215 g/mol. The van der Waals surface area contributed by atoms with Crippen molar-refractivity contribution in [1.29, 1.82) is 0 Å². The number of ether oxygens (including phenoxy) is 1. The van der Waals surface area contributed by atoms with Crippen molar-refractivity contribution in [1.82, 2.24) is 0 Å². The molecule has 0 bridgehead atoms. The molecule has 0 unspecified atom stereocenters. The van der Waals surface area contributed by atoms with Crippen LogP contribution in [-0.4, -0.2) is 19.4 Å². The van der Waals surface area contributed by atoms with Gasteiger partial charge in [0.25, 0.3) is 5.91 Å². The van der Waals surface area contributed by atoms with Crippen molar-refractivity contribution in [3.8, 4) is 5.75 Å². The second-order valence-corrected chi connectivity index (χ2v) is 2.97. The zero-order valence-electron chi connectivity index (χ0n) is 8.38. The van der Waals surface area contributed by atoms with E-state index < -0.39 is 12.3 Å². The number of halogens is 2. The third kappa shape index (κ3) is 2.90. The first kappa shape index (κ1) is 11.4. The van der Waals surface area contributed by atoms with E-state index >= 15 is 0 Å². The number of aryl methyl sites for hydroxylation is 1. The molecule has 1 aromatic rings. The lowest BCUT2D eigenvalue weighted by atomic mass is 10.2. The zero-order chi connectivity index (χ0) is 11.4. The number of methoxy groups -OCH3 is 1. The molecule has 0 fully saturated rings. The molecule has 0 atom stereocenters. The Labute approximate surface area is 86.0 Å². The predicted molar refractivity (Wildman–Crippen MR) is 52.4 cm³/mol. The number of anilines is 1. The van der Waals surface area contributed by atoms with E-state index in [1.54, 1.807) is 19.1 Å². The van der Waals surface area contributed by atoms with Crippen molar-refractivity contribution in [2.45, 2.75) is 13.3 Å². The summed E-state index contributed by atoms with van der Waals surface area (Å²) < 4.78 is 28.9. The summed E-state index contributed by atoms with van der Waals surface area (Å²) in [6, 6.07) is 4.77. The molecular formula is C10H11F2NO2. The van der Waals surface area contributed by atoms with Crippen LogP contribution in [0, 0.1) is 6.92 Å². The van der Waals surface area contributed by atoms with Gasteiger partial charge >= 0.3 is 6.43 Å². The molecule has 0 aromatic heterocycles. The normalized spacial score (nSPS) is 10.2. The molecular weight excluding hydrogens is 204 g/mol. The van der Waals surface area contributed by atoms with Crippen LogP contribution in [0.4, 0.5) is 14.5 Å². The van der Waals surface area contributed by atoms with Gasteiger partial charge in [0, 0.05) is 5.69 Å². The standard InChI is InChI=1S/C10H11F2NO2/c1-6-5-7(15-2)3-4-8(6)13-10(14)9(11)12/h3-5,9H,1-2H3,(H,13,14). The maximum Gasteiger partial charge on any atom is 0.315 e. The van der Waals surface area contributed by atoms with Crippen LogP contribution in [-0.2, 0) is 4.79 Å². The number of alkyl halides is 2. The number of carbonyl (C=O) groups excluding carboxylic acids is 1. The van der Waals surface area contributed by atoms with Crippen LogP contribution in [0.2, 0.25) is 0 Å². The molecule has 15 heavy (non-hydrogen) atoms. The molecule has 0 spiro atoms. The van der Waals surface area contributed by atoms with Gasteiger partial charge in [0.1, 0.15) is 5.75 Å². The third-order valence-corrected chi connectivity index (χ3v) is 1.89. The highest BCUT2D eigenvalue weighted by Gasteiger charge is 2.15. The number of benzene rings is 1. The fourth-order valence-corrected chi connectivity index (χ4v) is 1.09. The summed E-state index contributed by atoms with van der Waals surface area (Å²) in [5, 5.41) is 2.12. The van der Waals surface area contributed by atoms with E-state index in [4.69, 9.17) is 4.74 Å². The van der Waals surface area contributed by atoms with E-state index in [-0.39, 0.29) is 0 Å². The van der Waals surface area contributed by atoms with Crippen molar-refractivity contribution in [3.05, 3.63) is 23.8 Å². The second kappa shape index (κ2) is 4.72. The molecule has 0 saturated heterocycles. The lowest BCUT2D eigenvalue weighted by molar-refractivity contribution is -0.126. The fraction of sp³-hybridized carbons (Fsp3) is 0.300. The van der Waals surface area contributed by atoms with E-state index in [2.05, 4.69) is 5.32 Å². The molecule has 1 N–H and O–H groups in total. The Hall–Kier alpha value is -1.65. The van der Waals surface area contributed by atoms with Gasteiger partial charge < -0.3 is 10.1 Å². The molecule has 0 radical (unpaired) electrons. The molecule has 1 aromatic carbocycles. The first-order valence-electron chi connectivity index (χ1n) is 4.28. The molecule has 0 heterocycles. The molecule has 1 amide bonds. The van der Waals surface area contributed by atoms with Crippen molar-refractivity contribution in [2.24, 2.45) is 0 Å². The maximum atomic E-state index is 12.0. The Kier molecular flexibility index (Phi) is 3.60. The highest BCUT2D eigenvalue weighted by atomic mass is 19.3. The number of amides is 1. The summed E-state index contributed by atoms with van der Waals surface area (Å²) in [5.74, 6) is -0.689. The Bertz CT molecular complexity index is 366. The van der Waals surface area contributed by atoms with Gasteiger partial charge in [-0.2, -0.15) is 8.78 Å². The zero-order valence-corrected chi connectivity index (χ0v) is 8.38. The van der Waals surface area contributed by atoms with Gasteiger partial charge in [-0.25, -0.2) is 0 Å². The van der Waals surface area contributed by atoms with E-state index in [0.717, 1.165) is 0 Å². The van der Waals surface area contributed by atoms with Gasteiger partial charge in [-0.05, 0) is 30.7 Å². The van der Waals surface area contributed by atoms with Gasteiger partial charge in [0.05, 0.1) is 7.11 Å². The first-order chi connectivity index (χ1) is 7.04. The Balaban J connectivity index is 2.83. The fourth-order valence-electron chi connectivity index (χ4n) is 1.09. The van der Waals surface area contributed by atoms with Crippen LogP contribution in [0.5, 0.6) is 5.75 Å². The van der Waals surface area contributed by atoms with Crippen LogP contribution >= 0.6 is 0 Å². The van der Waals surface area contributed by atoms with Crippen LogP contribution in [0.3, 0.4) is 0 Å². The largest absolute Gasteiger partial charge is 0.497 e. The van der Waals surface area contributed by atoms with Gasteiger partial charge in [-0.1, -0.05) is 0 Å². The van der Waals surface area contributed by atoms with E-state index in [9.17, 15) is 13.6 Å². The van der Waals surface area contributed by atoms with Crippen LogP contribution in [0.25, 0.3) is 0 Å². The molecule has 0 aliphatic heterocycles. The minimum absolute atomic E-state index is 0.362. The molecule has 1 rings (SSSR count). The van der Waals surface area contributed by atoms with Gasteiger partial charge in [0.15, 0.2) is 0 Å². The highest BCUT2D eigenvalue weighted by molar-refractivity contribution is 5.93. The predicted octanol–water partition coefficient (Wildman–Crippen LogP) is 2.21. The lowest BCUT2D eigenvalue weighted by Crippen LogP contribution is -2.20. The van der Waals surface area contributed by atoms with Crippen LogP contribution < -0.4 is 10.1 Å². The Morgan fingerprint density at radius 2 is 2.13 bits per heavy atom. The minimum Gasteiger partial charge on any atom is -0.497 e. The van der Waals surface area contributed by atoms with Gasteiger partial charge in [-0.15, -0.1) is 0 Å². The molecule has 82 valence electrons. The molecule has 5 heteroatoms. The van der Waals surface area contributed by atoms with Crippen LogP contribution in [0.1, 0.15) is 5.56 Å². The summed E-state index contributed by atoms with van der Waals surface area (Å²) >= 11 is 0. The number of hydrogen-bond acceptors (Lipinski definition) is 2. The average Bonchev–Trinajstić information content (AvgIpc) is 2.20. The number of carbonyl (C=O) groups is 1. The summed E-state index contributed by atoms with van der Waals surface area (Å²) in [7, 11) is 1.51. The summed E-state index contributed by atoms with van der Waals surface area (Å²) in [4.78, 5) is 10.7. The SMILES string of the molecule is COc1ccc(NC(=O)C(F)F)c(C)c1. The Morgan fingerprint density at radius 3 is 2.60 bits per heavy atom. The number of hydrogen-bond donors (Lipinski definition) is 1. The number of rotatable bonds is 3. The quantitative estimate of drug-likeness (QED) is 0.839. The molecule has 0 aliphatic carbocycles. The van der Waals surface area contributed by atoms with Gasteiger partial charge in [0.2, 0.25) is 0 Å². The van der Waals surface area contributed by atoms with Crippen molar-refractivity contribution in [3.63, 3.8) is 0 Å². The summed E-state index contributed by atoms with van der Waals surface area (Å²) in [6.07, 6.45) is -3.01.